The van der Waals surface area contributed by atoms with E-state index in [-0.39, 0.29) is 0 Å². The molecule has 1 fully saturated rings. The molecule has 1 heterocycles. The Labute approximate surface area is 200 Å². The minimum Gasteiger partial charge on any atom is -0.314 e. The average Bonchev–Trinajstić information content (AvgIpc) is 2.80. The van der Waals surface area contributed by atoms with E-state index >= 15 is 0 Å². The molecule has 192 valence electrons. The molecule has 0 amide bonds. The predicted octanol–water partition coefficient (Wildman–Crippen LogP) is 2.95. The molecule has 0 saturated carbocycles. The summed E-state index contributed by atoms with van der Waals surface area (Å²) < 4.78 is 0. The lowest BCUT2D eigenvalue weighted by molar-refractivity contribution is 0.266. The van der Waals surface area contributed by atoms with E-state index in [0.29, 0.717) is 0 Å². The fourth-order valence-corrected chi connectivity index (χ4v) is 4.32. The number of unbranched alkanes of at least 4 members (excludes halogenated alkanes) is 11. The molecule has 1 aliphatic heterocycles. The molecule has 6 heteroatoms. The molecule has 0 spiro atoms. The van der Waals surface area contributed by atoms with Crippen LogP contribution in [0.3, 0.4) is 0 Å². The van der Waals surface area contributed by atoms with Gasteiger partial charge in [-0.3, -0.25) is 0 Å². The van der Waals surface area contributed by atoms with E-state index in [4.69, 9.17) is 0 Å². The zero-order chi connectivity index (χ0) is 22.8. The third kappa shape index (κ3) is 21.6. The summed E-state index contributed by atoms with van der Waals surface area (Å²) in [5, 5.41) is 17.7. The second-order valence-corrected chi connectivity index (χ2v) is 9.48. The predicted molar refractivity (Wildman–Crippen MR) is 142 cm³/mol. The summed E-state index contributed by atoms with van der Waals surface area (Å²) in [4.78, 5) is 2.66. The molecule has 0 bridgehead atoms. The van der Waals surface area contributed by atoms with Gasteiger partial charge in [0.1, 0.15) is 0 Å². The Balaban J connectivity index is 2.06. The molecule has 32 heavy (non-hydrogen) atoms. The summed E-state index contributed by atoms with van der Waals surface area (Å²) in [5.74, 6) is 0. The Morgan fingerprint density at radius 2 is 0.719 bits per heavy atom. The molecule has 1 aliphatic rings. The van der Waals surface area contributed by atoms with E-state index in [2.05, 4.69) is 38.4 Å². The van der Waals surface area contributed by atoms with Crippen molar-refractivity contribution in [3.05, 3.63) is 0 Å². The van der Waals surface area contributed by atoms with Gasteiger partial charge in [-0.2, -0.15) is 0 Å². The van der Waals surface area contributed by atoms with E-state index in [1.807, 2.05) is 0 Å². The second-order valence-electron chi connectivity index (χ2n) is 9.48. The fraction of sp³-hybridized carbons (Fsp3) is 1.00. The summed E-state index contributed by atoms with van der Waals surface area (Å²) in [6, 6.07) is 0. The molecule has 0 radical (unpaired) electrons. The first-order valence-electron chi connectivity index (χ1n) is 14.2. The number of rotatable bonds is 13. The monoisotopic (exact) mass is 454 g/mol. The highest BCUT2D eigenvalue weighted by Crippen LogP contribution is 2.12. The molecule has 1 saturated heterocycles. The zero-order valence-corrected chi connectivity index (χ0v) is 21.6. The number of hydrogen-bond acceptors (Lipinski definition) is 6. The second kappa shape index (κ2) is 25.4. The largest absolute Gasteiger partial charge is 0.314 e. The molecule has 1 rings (SSSR count). The standard InChI is InChI=1S/C26H58N6/c1-2-3-4-5-6-7-8-9-10-11-12-13-24-32-25-22-30-20-18-28-16-14-27-15-17-29-19-21-31-23-26-32/h27-31H,2-26H2,1H3. The molecule has 0 unspecified atom stereocenters. The van der Waals surface area contributed by atoms with E-state index in [1.165, 1.54) is 96.7 Å². The Kier molecular flexibility index (Phi) is 23.6. The smallest absolute Gasteiger partial charge is 0.0107 e. The van der Waals surface area contributed by atoms with Crippen molar-refractivity contribution in [3.63, 3.8) is 0 Å². The van der Waals surface area contributed by atoms with Gasteiger partial charge in [0.15, 0.2) is 0 Å². The van der Waals surface area contributed by atoms with Gasteiger partial charge in [0.25, 0.3) is 0 Å². The summed E-state index contributed by atoms with van der Waals surface area (Å²) >= 11 is 0. The molecule has 0 atom stereocenters. The normalized spacial score (nSPS) is 19.4. The SMILES string of the molecule is CCCCCCCCCCCCCCN1CCNCCNCCNCCNCCNCC1. The van der Waals surface area contributed by atoms with Crippen molar-refractivity contribution < 1.29 is 0 Å². The quantitative estimate of drug-likeness (QED) is 0.276. The molecule has 0 aromatic rings. The first-order chi connectivity index (χ1) is 15.9. The van der Waals surface area contributed by atoms with Gasteiger partial charge in [0, 0.05) is 78.5 Å². The Morgan fingerprint density at radius 1 is 0.406 bits per heavy atom. The van der Waals surface area contributed by atoms with Crippen molar-refractivity contribution >= 4 is 0 Å². The number of nitrogens with zero attached hydrogens (tertiary/aromatic N) is 1. The van der Waals surface area contributed by atoms with Gasteiger partial charge in [-0.25, -0.2) is 0 Å². The third-order valence-electron chi connectivity index (χ3n) is 6.45. The van der Waals surface area contributed by atoms with E-state index in [9.17, 15) is 0 Å². The highest BCUT2D eigenvalue weighted by Gasteiger charge is 2.05. The molecule has 6 nitrogen and oxygen atoms in total. The van der Waals surface area contributed by atoms with Gasteiger partial charge in [-0.15, -0.1) is 0 Å². The van der Waals surface area contributed by atoms with Crippen molar-refractivity contribution in [2.75, 3.05) is 85.1 Å². The lowest BCUT2D eigenvalue weighted by atomic mass is 10.1. The van der Waals surface area contributed by atoms with Crippen LogP contribution < -0.4 is 26.6 Å². The van der Waals surface area contributed by atoms with Gasteiger partial charge in [0.05, 0.1) is 0 Å². The van der Waals surface area contributed by atoms with Crippen molar-refractivity contribution in [1.29, 1.82) is 0 Å². The summed E-state index contributed by atoms with van der Waals surface area (Å²) in [5.41, 5.74) is 0. The van der Waals surface area contributed by atoms with Crippen LogP contribution in [-0.2, 0) is 0 Å². The topological polar surface area (TPSA) is 63.4 Å². The van der Waals surface area contributed by atoms with E-state index in [0.717, 1.165) is 65.4 Å². The lowest BCUT2D eigenvalue weighted by Crippen LogP contribution is -2.41. The molecule has 0 aromatic heterocycles. The van der Waals surface area contributed by atoms with Crippen LogP contribution >= 0.6 is 0 Å². The first-order valence-corrected chi connectivity index (χ1v) is 14.2. The highest BCUT2D eigenvalue weighted by molar-refractivity contribution is 4.65. The lowest BCUT2D eigenvalue weighted by Gasteiger charge is -2.23. The molecular weight excluding hydrogens is 396 g/mol. The van der Waals surface area contributed by atoms with Crippen LogP contribution in [0.4, 0.5) is 0 Å². The van der Waals surface area contributed by atoms with Gasteiger partial charge in [-0.1, -0.05) is 77.6 Å². The van der Waals surface area contributed by atoms with Crippen LogP contribution in [0, 0.1) is 0 Å². The molecule has 5 N–H and O–H groups in total. The van der Waals surface area contributed by atoms with Gasteiger partial charge >= 0.3 is 0 Å². The van der Waals surface area contributed by atoms with Crippen LogP contribution in [0.5, 0.6) is 0 Å². The average molecular weight is 455 g/mol. The zero-order valence-electron chi connectivity index (χ0n) is 21.6. The Bertz CT molecular complexity index is 337. The van der Waals surface area contributed by atoms with Crippen LogP contribution in [-0.4, -0.2) is 90.0 Å². The van der Waals surface area contributed by atoms with Crippen molar-refractivity contribution in [1.82, 2.24) is 31.5 Å². The Morgan fingerprint density at radius 3 is 1.09 bits per heavy atom. The van der Waals surface area contributed by atoms with Crippen molar-refractivity contribution in [2.45, 2.75) is 84.0 Å². The summed E-state index contributed by atoms with van der Waals surface area (Å²) in [6.45, 7) is 16.5. The number of nitrogens with one attached hydrogen (secondary N) is 5. The van der Waals surface area contributed by atoms with Gasteiger partial charge < -0.3 is 31.5 Å². The number of hydrogen-bond donors (Lipinski definition) is 5. The Hall–Kier alpha value is -0.240. The first kappa shape index (κ1) is 29.8. The van der Waals surface area contributed by atoms with Crippen LogP contribution in [0.15, 0.2) is 0 Å². The maximum absolute atomic E-state index is 3.61. The maximum atomic E-state index is 3.61. The maximum Gasteiger partial charge on any atom is 0.0107 e. The van der Waals surface area contributed by atoms with E-state index < -0.39 is 0 Å². The molecular formula is C26H58N6. The van der Waals surface area contributed by atoms with Crippen molar-refractivity contribution in [3.8, 4) is 0 Å². The van der Waals surface area contributed by atoms with E-state index in [1.54, 1.807) is 0 Å². The molecule has 0 aliphatic carbocycles. The van der Waals surface area contributed by atoms with Gasteiger partial charge in [0.2, 0.25) is 0 Å². The minimum atomic E-state index is 1.05. The fourth-order valence-electron chi connectivity index (χ4n) is 4.32. The van der Waals surface area contributed by atoms with Crippen molar-refractivity contribution in [2.24, 2.45) is 0 Å². The third-order valence-corrected chi connectivity index (χ3v) is 6.45. The highest BCUT2D eigenvalue weighted by atomic mass is 15.2. The summed E-state index contributed by atoms with van der Waals surface area (Å²) in [7, 11) is 0. The van der Waals surface area contributed by atoms with Gasteiger partial charge in [-0.05, 0) is 13.0 Å². The molecule has 0 aromatic carbocycles. The van der Waals surface area contributed by atoms with Crippen LogP contribution in [0.2, 0.25) is 0 Å². The minimum absolute atomic E-state index is 1.05. The van der Waals surface area contributed by atoms with Crippen LogP contribution in [0.1, 0.15) is 84.0 Å². The van der Waals surface area contributed by atoms with Crippen LogP contribution in [0.25, 0.3) is 0 Å². The summed E-state index contributed by atoms with van der Waals surface area (Å²) in [6.07, 6.45) is 17.1.